The van der Waals surface area contributed by atoms with Gasteiger partial charge in [-0.15, -0.1) is 0 Å². The summed E-state index contributed by atoms with van der Waals surface area (Å²) in [4.78, 5) is 11.1. The molecule has 17 heavy (non-hydrogen) atoms. The van der Waals surface area contributed by atoms with Gasteiger partial charge in [0.2, 0.25) is 0 Å². The number of hydrogen-bond donors (Lipinski definition) is 1. The van der Waals surface area contributed by atoms with E-state index in [9.17, 15) is 4.79 Å². The fourth-order valence-corrected chi connectivity index (χ4v) is 1.46. The molecular formula is C13H18O4. The van der Waals surface area contributed by atoms with Crippen molar-refractivity contribution in [1.29, 1.82) is 0 Å². The van der Waals surface area contributed by atoms with Crippen molar-refractivity contribution in [2.24, 2.45) is 0 Å². The Morgan fingerprint density at radius 3 is 2.53 bits per heavy atom. The van der Waals surface area contributed by atoms with Crippen LogP contribution in [0.3, 0.4) is 0 Å². The van der Waals surface area contributed by atoms with E-state index in [1.54, 1.807) is 31.2 Å². The van der Waals surface area contributed by atoms with Crippen LogP contribution in [0.5, 0.6) is 0 Å². The zero-order valence-corrected chi connectivity index (χ0v) is 10.1. The highest BCUT2D eigenvalue weighted by Crippen LogP contribution is 2.19. The summed E-state index contributed by atoms with van der Waals surface area (Å²) in [5.41, 5.74) is 0.642. The van der Waals surface area contributed by atoms with Crippen molar-refractivity contribution in [2.75, 3.05) is 13.2 Å². The number of hydrogen-bond acceptors (Lipinski definition) is 3. The third kappa shape index (κ3) is 4.54. The minimum atomic E-state index is -0.987. The summed E-state index contributed by atoms with van der Waals surface area (Å²) in [5, 5.41) is 9.14. The van der Waals surface area contributed by atoms with Gasteiger partial charge in [-0.3, -0.25) is 0 Å². The molecule has 0 aromatic heterocycles. The van der Waals surface area contributed by atoms with Gasteiger partial charge in [-0.2, -0.15) is 0 Å². The highest BCUT2D eigenvalue weighted by atomic mass is 16.6. The lowest BCUT2D eigenvalue weighted by molar-refractivity contribution is -0.156. The van der Waals surface area contributed by atoms with Crippen LogP contribution in [0.1, 0.15) is 25.5 Å². The number of aliphatic carboxylic acids is 1. The van der Waals surface area contributed by atoms with E-state index < -0.39 is 12.1 Å². The molecule has 0 saturated heterocycles. The van der Waals surface area contributed by atoms with Crippen LogP contribution < -0.4 is 0 Å². The average Bonchev–Trinajstić information content (AvgIpc) is 2.34. The quantitative estimate of drug-likeness (QED) is 0.791. The predicted molar refractivity (Wildman–Crippen MR) is 63.9 cm³/mol. The van der Waals surface area contributed by atoms with Crippen LogP contribution in [0.15, 0.2) is 30.3 Å². The minimum Gasteiger partial charge on any atom is -0.479 e. The fourth-order valence-electron chi connectivity index (χ4n) is 1.46. The largest absolute Gasteiger partial charge is 0.479 e. The summed E-state index contributed by atoms with van der Waals surface area (Å²) in [6, 6.07) is 8.91. The summed E-state index contributed by atoms with van der Waals surface area (Å²) < 4.78 is 10.7. The monoisotopic (exact) mass is 238 g/mol. The van der Waals surface area contributed by atoms with Gasteiger partial charge in [0, 0.05) is 6.61 Å². The zero-order chi connectivity index (χ0) is 12.7. The number of carbonyl (C=O) groups is 1. The van der Waals surface area contributed by atoms with Gasteiger partial charge in [-0.25, -0.2) is 4.79 Å². The van der Waals surface area contributed by atoms with Crippen molar-refractivity contribution in [3.63, 3.8) is 0 Å². The molecule has 2 unspecified atom stereocenters. The van der Waals surface area contributed by atoms with Crippen molar-refractivity contribution in [2.45, 2.75) is 26.1 Å². The van der Waals surface area contributed by atoms with Gasteiger partial charge in [0.15, 0.2) is 6.10 Å². The van der Waals surface area contributed by atoms with Gasteiger partial charge >= 0.3 is 5.97 Å². The first-order valence-corrected chi connectivity index (χ1v) is 5.66. The molecule has 2 atom stereocenters. The van der Waals surface area contributed by atoms with E-state index >= 15 is 0 Å². The highest BCUT2D eigenvalue weighted by molar-refractivity contribution is 5.74. The molecule has 0 radical (unpaired) electrons. The number of ether oxygens (including phenoxy) is 2. The SMILES string of the molecule is CCOCC(C)OC(C(=O)O)c1ccccc1. The van der Waals surface area contributed by atoms with Gasteiger partial charge in [-0.1, -0.05) is 30.3 Å². The molecule has 0 aliphatic carbocycles. The van der Waals surface area contributed by atoms with Gasteiger partial charge in [0.25, 0.3) is 0 Å². The first-order chi connectivity index (χ1) is 8.15. The smallest absolute Gasteiger partial charge is 0.337 e. The Morgan fingerprint density at radius 1 is 1.35 bits per heavy atom. The standard InChI is InChI=1S/C13H18O4/c1-3-16-9-10(2)17-12(13(14)15)11-7-5-4-6-8-11/h4-8,10,12H,3,9H2,1-2H3,(H,14,15). The number of benzene rings is 1. The van der Waals surface area contributed by atoms with Gasteiger partial charge < -0.3 is 14.6 Å². The first kappa shape index (κ1) is 13.7. The Bertz CT molecular complexity index is 337. The van der Waals surface area contributed by atoms with Crippen LogP contribution in [0.2, 0.25) is 0 Å². The Labute approximate surface area is 101 Å². The molecule has 0 aliphatic heterocycles. The molecule has 0 bridgehead atoms. The molecule has 1 rings (SSSR count). The van der Waals surface area contributed by atoms with Crippen LogP contribution in [0.4, 0.5) is 0 Å². The molecular weight excluding hydrogens is 220 g/mol. The van der Waals surface area contributed by atoms with Crippen LogP contribution in [-0.4, -0.2) is 30.4 Å². The molecule has 0 aliphatic rings. The van der Waals surface area contributed by atoms with E-state index in [1.807, 2.05) is 13.0 Å². The van der Waals surface area contributed by atoms with Crippen molar-refractivity contribution < 1.29 is 19.4 Å². The number of carboxylic acid groups (broad SMARTS) is 1. The Balaban J connectivity index is 2.65. The molecule has 1 aromatic rings. The third-order valence-corrected chi connectivity index (χ3v) is 2.25. The molecule has 0 fully saturated rings. The van der Waals surface area contributed by atoms with E-state index in [-0.39, 0.29) is 6.10 Å². The van der Waals surface area contributed by atoms with Crippen molar-refractivity contribution in [1.82, 2.24) is 0 Å². The lowest BCUT2D eigenvalue weighted by atomic mass is 10.1. The van der Waals surface area contributed by atoms with Gasteiger partial charge in [0.1, 0.15) is 0 Å². The zero-order valence-electron chi connectivity index (χ0n) is 10.1. The molecule has 0 spiro atoms. The van der Waals surface area contributed by atoms with Crippen molar-refractivity contribution in [3.05, 3.63) is 35.9 Å². The normalized spacial score (nSPS) is 14.2. The maximum absolute atomic E-state index is 11.1. The Morgan fingerprint density at radius 2 is 2.00 bits per heavy atom. The maximum Gasteiger partial charge on any atom is 0.337 e. The summed E-state index contributed by atoms with van der Waals surface area (Å²) in [6.07, 6.45) is -1.19. The van der Waals surface area contributed by atoms with E-state index in [0.29, 0.717) is 18.8 Å². The number of rotatable bonds is 7. The second-order valence-corrected chi connectivity index (χ2v) is 3.74. The van der Waals surface area contributed by atoms with Crippen LogP contribution >= 0.6 is 0 Å². The molecule has 4 heteroatoms. The van der Waals surface area contributed by atoms with Gasteiger partial charge in [0.05, 0.1) is 12.7 Å². The van der Waals surface area contributed by atoms with Crippen molar-refractivity contribution in [3.8, 4) is 0 Å². The minimum absolute atomic E-state index is 0.253. The predicted octanol–water partition coefficient (Wildman–Crippen LogP) is 2.25. The Hall–Kier alpha value is -1.39. The second-order valence-electron chi connectivity index (χ2n) is 3.74. The van der Waals surface area contributed by atoms with Gasteiger partial charge in [-0.05, 0) is 19.4 Å². The summed E-state index contributed by atoms with van der Waals surface area (Å²) in [6.45, 7) is 4.68. The molecule has 0 amide bonds. The summed E-state index contributed by atoms with van der Waals surface area (Å²) >= 11 is 0. The topological polar surface area (TPSA) is 55.8 Å². The molecule has 94 valence electrons. The van der Waals surface area contributed by atoms with Crippen LogP contribution in [0.25, 0.3) is 0 Å². The molecule has 0 saturated carbocycles. The summed E-state index contributed by atoms with van der Waals surface area (Å²) in [7, 11) is 0. The lowest BCUT2D eigenvalue weighted by Crippen LogP contribution is -2.24. The second kappa shape index (κ2) is 7.04. The summed E-state index contributed by atoms with van der Waals surface area (Å²) in [5.74, 6) is -0.987. The molecule has 1 N–H and O–H groups in total. The average molecular weight is 238 g/mol. The fraction of sp³-hybridized carbons (Fsp3) is 0.462. The molecule has 4 nitrogen and oxygen atoms in total. The van der Waals surface area contributed by atoms with E-state index in [4.69, 9.17) is 14.6 Å². The molecule has 0 heterocycles. The van der Waals surface area contributed by atoms with Crippen LogP contribution in [0, 0.1) is 0 Å². The third-order valence-electron chi connectivity index (χ3n) is 2.25. The highest BCUT2D eigenvalue weighted by Gasteiger charge is 2.22. The van der Waals surface area contributed by atoms with E-state index in [0.717, 1.165) is 0 Å². The maximum atomic E-state index is 11.1. The van der Waals surface area contributed by atoms with E-state index in [2.05, 4.69) is 0 Å². The first-order valence-electron chi connectivity index (χ1n) is 5.66. The van der Waals surface area contributed by atoms with Crippen LogP contribution in [-0.2, 0) is 14.3 Å². The lowest BCUT2D eigenvalue weighted by Gasteiger charge is -2.19. The van der Waals surface area contributed by atoms with Crippen molar-refractivity contribution >= 4 is 5.97 Å². The number of carboxylic acids is 1. The molecule has 1 aromatic carbocycles. The Kier molecular flexibility index (Phi) is 5.66. The van der Waals surface area contributed by atoms with E-state index in [1.165, 1.54) is 0 Å².